The van der Waals surface area contributed by atoms with Gasteiger partial charge in [0.1, 0.15) is 0 Å². The van der Waals surface area contributed by atoms with Crippen LogP contribution in [0, 0.1) is 5.92 Å². The third-order valence-electron chi connectivity index (χ3n) is 3.51. The van der Waals surface area contributed by atoms with E-state index in [-0.39, 0.29) is 17.9 Å². The molecular weight excluding hydrogens is 230 g/mol. The second-order valence-corrected chi connectivity index (χ2v) is 5.10. The summed E-state index contributed by atoms with van der Waals surface area (Å²) in [6.07, 6.45) is 2.14. The number of hydrogen-bond acceptors (Lipinski definition) is 4. The molecule has 0 saturated carbocycles. The molecule has 18 heavy (non-hydrogen) atoms. The smallest absolute Gasteiger partial charge is 0.224 e. The molecule has 0 aromatic heterocycles. The number of nitrogens with one attached hydrogen (secondary N) is 1. The Morgan fingerprint density at radius 3 is 2.61 bits per heavy atom. The second kappa shape index (κ2) is 8.45. The van der Waals surface area contributed by atoms with Crippen molar-refractivity contribution in [3.8, 4) is 0 Å². The van der Waals surface area contributed by atoms with Crippen molar-refractivity contribution in [3.63, 3.8) is 0 Å². The zero-order chi connectivity index (χ0) is 13.4. The van der Waals surface area contributed by atoms with E-state index in [9.17, 15) is 4.79 Å². The van der Waals surface area contributed by atoms with Gasteiger partial charge < -0.3 is 15.8 Å². The molecule has 3 N–H and O–H groups in total. The van der Waals surface area contributed by atoms with E-state index in [4.69, 9.17) is 10.5 Å². The zero-order valence-corrected chi connectivity index (χ0v) is 11.7. The lowest BCUT2D eigenvalue weighted by Gasteiger charge is -2.26. The lowest BCUT2D eigenvalue weighted by molar-refractivity contribution is -0.124. The van der Waals surface area contributed by atoms with E-state index in [0.29, 0.717) is 0 Å². The zero-order valence-electron chi connectivity index (χ0n) is 11.7. The second-order valence-electron chi connectivity index (χ2n) is 5.10. The van der Waals surface area contributed by atoms with E-state index in [2.05, 4.69) is 10.2 Å². The number of morpholine rings is 1. The van der Waals surface area contributed by atoms with Gasteiger partial charge in [-0.3, -0.25) is 9.69 Å². The molecule has 5 nitrogen and oxygen atoms in total. The number of unbranched alkanes of at least 4 members (excludes halogenated alkanes) is 1. The fraction of sp³-hybridized carbons (Fsp3) is 0.923. The highest BCUT2D eigenvalue weighted by atomic mass is 16.5. The number of ether oxygens (including phenoxy) is 1. The minimum Gasteiger partial charge on any atom is -0.379 e. The van der Waals surface area contributed by atoms with E-state index >= 15 is 0 Å². The molecule has 1 aliphatic heterocycles. The van der Waals surface area contributed by atoms with Gasteiger partial charge in [-0.2, -0.15) is 0 Å². The van der Waals surface area contributed by atoms with Crippen molar-refractivity contribution in [1.29, 1.82) is 0 Å². The molecule has 0 aromatic carbocycles. The Balaban J connectivity index is 1.99. The molecule has 0 aromatic rings. The van der Waals surface area contributed by atoms with E-state index in [1.54, 1.807) is 0 Å². The number of carbonyl (C=O) groups excluding carboxylic acids is 1. The first-order chi connectivity index (χ1) is 8.61. The summed E-state index contributed by atoms with van der Waals surface area (Å²) in [5.41, 5.74) is 5.69. The molecule has 1 rings (SSSR count). The number of rotatable bonds is 7. The van der Waals surface area contributed by atoms with Crippen LogP contribution in [0.3, 0.4) is 0 Å². The predicted molar refractivity (Wildman–Crippen MR) is 72.3 cm³/mol. The summed E-state index contributed by atoms with van der Waals surface area (Å²) in [4.78, 5) is 14.0. The maximum atomic E-state index is 11.6. The third kappa shape index (κ3) is 5.80. The molecule has 2 atom stereocenters. The van der Waals surface area contributed by atoms with Crippen LogP contribution in [0.2, 0.25) is 0 Å². The molecular formula is C13H27N3O2. The van der Waals surface area contributed by atoms with Crippen LogP contribution in [-0.2, 0) is 9.53 Å². The van der Waals surface area contributed by atoms with E-state index in [1.165, 1.54) is 0 Å². The highest BCUT2D eigenvalue weighted by molar-refractivity contribution is 5.78. The Bertz CT molecular complexity index is 240. The maximum Gasteiger partial charge on any atom is 0.224 e. The van der Waals surface area contributed by atoms with Gasteiger partial charge >= 0.3 is 0 Å². The minimum absolute atomic E-state index is 0.0661. The molecule has 1 fully saturated rings. The van der Waals surface area contributed by atoms with Gasteiger partial charge in [-0.25, -0.2) is 0 Å². The number of carbonyl (C=O) groups is 1. The molecule has 106 valence electrons. The van der Waals surface area contributed by atoms with Crippen LogP contribution in [-0.4, -0.2) is 56.2 Å². The lowest BCUT2D eigenvalue weighted by atomic mass is 10.0. The lowest BCUT2D eigenvalue weighted by Crippen LogP contribution is -2.39. The summed E-state index contributed by atoms with van der Waals surface area (Å²) in [5.74, 6) is -0.0411. The van der Waals surface area contributed by atoms with Crippen LogP contribution in [0.1, 0.15) is 26.7 Å². The fourth-order valence-corrected chi connectivity index (χ4v) is 1.90. The first-order valence-electron chi connectivity index (χ1n) is 6.94. The van der Waals surface area contributed by atoms with E-state index < -0.39 is 0 Å². The van der Waals surface area contributed by atoms with E-state index in [1.807, 2.05) is 13.8 Å². The van der Waals surface area contributed by atoms with Crippen molar-refractivity contribution in [1.82, 2.24) is 10.2 Å². The quantitative estimate of drug-likeness (QED) is 0.639. The summed E-state index contributed by atoms with van der Waals surface area (Å²) in [5, 5.41) is 2.94. The van der Waals surface area contributed by atoms with Gasteiger partial charge in [0.15, 0.2) is 0 Å². The maximum absolute atomic E-state index is 11.6. The summed E-state index contributed by atoms with van der Waals surface area (Å²) in [7, 11) is 0. The summed E-state index contributed by atoms with van der Waals surface area (Å²) >= 11 is 0. The molecule has 1 saturated heterocycles. The SMILES string of the molecule is CC(N)C(C)C(=O)NCCCCN1CCOCC1. The average Bonchev–Trinajstić information content (AvgIpc) is 2.38. The van der Waals surface area contributed by atoms with Crippen LogP contribution in [0.25, 0.3) is 0 Å². The Morgan fingerprint density at radius 1 is 1.33 bits per heavy atom. The van der Waals surface area contributed by atoms with Crippen molar-refractivity contribution < 1.29 is 9.53 Å². The first kappa shape index (κ1) is 15.4. The van der Waals surface area contributed by atoms with Gasteiger partial charge in [0.25, 0.3) is 0 Å². The molecule has 1 amide bonds. The van der Waals surface area contributed by atoms with E-state index in [0.717, 1.165) is 52.2 Å². The predicted octanol–water partition coefficient (Wildman–Crippen LogP) is 0.198. The van der Waals surface area contributed by atoms with Crippen molar-refractivity contribution in [2.75, 3.05) is 39.4 Å². The van der Waals surface area contributed by atoms with Crippen LogP contribution in [0.5, 0.6) is 0 Å². The highest BCUT2D eigenvalue weighted by Gasteiger charge is 2.16. The van der Waals surface area contributed by atoms with Crippen molar-refractivity contribution in [3.05, 3.63) is 0 Å². The van der Waals surface area contributed by atoms with Gasteiger partial charge in [-0.1, -0.05) is 6.92 Å². The summed E-state index contributed by atoms with van der Waals surface area (Å²) in [6, 6.07) is -0.0849. The van der Waals surface area contributed by atoms with Crippen molar-refractivity contribution >= 4 is 5.91 Å². The van der Waals surface area contributed by atoms with Crippen molar-refractivity contribution in [2.24, 2.45) is 11.7 Å². The van der Waals surface area contributed by atoms with Crippen LogP contribution < -0.4 is 11.1 Å². The van der Waals surface area contributed by atoms with Gasteiger partial charge in [0, 0.05) is 31.6 Å². The van der Waals surface area contributed by atoms with Gasteiger partial charge in [-0.15, -0.1) is 0 Å². The van der Waals surface area contributed by atoms with Gasteiger partial charge in [0.05, 0.1) is 13.2 Å². The minimum atomic E-state index is -0.107. The largest absolute Gasteiger partial charge is 0.379 e. The Hall–Kier alpha value is -0.650. The standard InChI is InChI=1S/C13H27N3O2/c1-11(12(2)14)13(17)15-5-3-4-6-16-7-9-18-10-8-16/h11-12H,3-10,14H2,1-2H3,(H,15,17). The molecule has 2 unspecified atom stereocenters. The molecule has 1 aliphatic rings. The van der Waals surface area contributed by atoms with Crippen LogP contribution in [0.15, 0.2) is 0 Å². The van der Waals surface area contributed by atoms with Crippen molar-refractivity contribution in [2.45, 2.75) is 32.7 Å². The van der Waals surface area contributed by atoms with Gasteiger partial charge in [0.2, 0.25) is 5.91 Å². The Kier molecular flexibility index (Phi) is 7.23. The molecule has 5 heteroatoms. The monoisotopic (exact) mass is 257 g/mol. The molecule has 0 bridgehead atoms. The summed E-state index contributed by atoms with van der Waals surface area (Å²) < 4.78 is 5.30. The van der Waals surface area contributed by atoms with Crippen LogP contribution >= 0.6 is 0 Å². The highest BCUT2D eigenvalue weighted by Crippen LogP contribution is 2.01. The Morgan fingerprint density at radius 2 is 2.00 bits per heavy atom. The number of amides is 1. The summed E-state index contributed by atoms with van der Waals surface area (Å²) in [6.45, 7) is 9.35. The fourth-order valence-electron chi connectivity index (χ4n) is 1.90. The number of nitrogens with zero attached hydrogens (tertiary/aromatic N) is 1. The molecule has 0 radical (unpaired) electrons. The Labute approximate surface area is 110 Å². The topological polar surface area (TPSA) is 67.6 Å². The van der Waals surface area contributed by atoms with Crippen LogP contribution in [0.4, 0.5) is 0 Å². The number of hydrogen-bond donors (Lipinski definition) is 2. The molecule has 0 spiro atoms. The third-order valence-corrected chi connectivity index (χ3v) is 3.51. The average molecular weight is 257 g/mol. The first-order valence-corrected chi connectivity index (χ1v) is 6.94. The number of nitrogens with two attached hydrogens (primary N) is 1. The normalized spacial score (nSPS) is 20.4. The van der Waals surface area contributed by atoms with Gasteiger partial charge in [-0.05, 0) is 26.3 Å². The molecule has 1 heterocycles. The molecule has 0 aliphatic carbocycles.